The third kappa shape index (κ3) is 4.22. The lowest BCUT2D eigenvalue weighted by molar-refractivity contribution is -0.141. The highest BCUT2D eigenvalue weighted by molar-refractivity contribution is 5.85. The summed E-state index contributed by atoms with van der Waals surface area (Å²) in [7, 11) is 3.23. The van der Waals surface area contributed by atoms with Gasteiger partial charge in [-0.3, -0.25) is 4.79 Å². The van der Waals surface area contributed by atoms with E-state index in [2.05, 4.69) is 19.9 Å². The first-order chi connectivity index (χ1) is 18.6. The van der Waals surface area contributed by atoms with Gasteiger partial charge in [-0.15, -0.1) is 0 Å². The van der Waals surface area contributed by atoms with Gasteiger partial charge in [-0.2, -0.15) is 0 Å². The predicted molar refractivity (Wildman–Crippen MR) is 142 cm³/mol. The fourth-order valence-electron chi connectivity index (χ4n) is 4.99. The molecule has 6 rings (SSSR count). The number of fused-ring (bicyclic) bond motifs is 2. The summed E-state index contributed by atoms with van der Waals surface area (Å²) in [6.45, 7) is 3.34. The maximum absolute atomic E-state index is 13.6. The number of ether oxygens (including phenoxy) is 3. The molecular weight excluding hydrogens is 484 g/mol. The van der Waals surface area contributed by atoms with Crippen LogP contribution in [0.1, 0.15) is 17.7 Å². The van der Waals surface area contributed by atoms with Gasteiger partial charge in [-0.1, -0.05) is 18.2 Å². The molecule has 1 aliphatic heterocycles. The fraction of sp³-hybridized carbons (Fsp3) is 0.286. The van der Waals surface area contributed by atoms with Crippen LogP contribution < -0.4 is 9.47 Å². The van der Waals surface area contributed by atoms with Crippen LogP contribution in [0.15, 0.2) is 54.7 Å². The number of nitrogens with zero attached hydrogens (tertiary/aromatic N) is 5. The van der Waals surface area contributed by atoms with Gasteiger partial charge in [0.25, 0.3) is 0 Å². The summed E-state index contributed by atoms with van der Waals surface area (Å²) in [4.78, 5) is 32.8. The summed E-state index contributed by atoms with van der Waals surface area (Å²) in [5.74, 6) is 2.60. The number of H-pyrrole nitrogens is 1. The van der Waals surface area contributed by atoms with Crippen LogP contribution in [0.25, 0.3) is 33.2 Å². The number of hydrogen-bond donors (Lipinski definition) is 1. The van der Waals surface area contributed by atoms with Gasteiger partial charge in [-0.05, 0) is 31.2 Å². The molecule has 1 N–H and O–H groups in total. The molecule has 5 aromatic rings. The van der Waals surface area contributed by atoms with Gasteiger partial charge < -0.3 is 28.7 Å². The monoisotopic (exact) mass is 512 g/mol. The largest absolute Gasteiger partial charge is 0.497 e. The molecule has 10 nitrogen and oxygen atoms in total. The number of aryl methyl sites for hydroxylation is 1. The zero-order valence-electron chi connectivity index (χ0n) is 21.5. The lowest BCUT2D eigenvalue weighted by Crippen LogP contribution is -2.45. The SMILES string of the molecule is COc1ccc2nc(C)n(CC(=O)N3CCOCC3c3ncc(-c4cc5ccccc5nc4OC)[nH]3)c2c1. The van der Waals surface area contributed by atoms with Gasteiger partial charge >= 0.3 is 0 Å². The average Bonchev–Trinajstić information content (AvgIpc) is 3.56. The third-order valence-electron chi connectivity index (χ3n) is 6.97. The van der Waals surface area contributed by atoms with Gasteiger partial charge in [0.2, 0.25) is 11.8 Å². The van der Waals surface area contributed by atoms with Crippen molar-refractivity contribution in [2.75, 3.05) is 34.0 Å². The van der Waals surface area contributed by atoms with E-state index >= 15 is 0 Å². The van der Waals surface area contributed by atoms with E-state index in [1.165, 1.54) is 0 Å². The molecule has 0 aliphatic carbocycles. The lowest BCUT2D eigenvalue weighted by atomic mass is 10.1. The number of carbonyl (C=O) groups is 1. The Bertz CT molecular complexity index is 1640. The highest BCUT2D eigenvalue weighted by Gasteiger charge is 2.31. The number of rotatable bonds is 6. The lowest BCUT2D eigenvalue weighted by Gasteiger charge is -2.34. The topological polar surface area (TPSA) is 107 Å². The van der Waals surface area contributed by atoms with Crippen LogP contribution in [0.2, 0.25) is 0 Å². The third-order valence-corrected chi connectivity index (χ3v) is 6.97. The molecule has 1 atom stereocenters. The smallest absolute Gasteiger partial charge is 0.243 e. The predicted octanol–water partition coefficient (Wildman–Crippen LogP) is 3.90. The summed E-state index contributed by atoms with van der Waals surface area (Å²) in [6, 6.07) is 15.2. The number of aromatic nitrogens is 5. The Balaban J connectivity index is 1.30. The van der Waals surface area contributed by atoms with Crippen molar-refractivity contribution in [2.24, 2.45) is 0 Å². The number of morpholine rings is 1. The second-order valence-electron chi connectivity index (χ2n) is 9.20. The van der Waals surface area contributed by atoms with Gasteiger partial charge in [0, 0.05) is 18.0 Å². The van der Waals surface area contributed by atoms with Crippen molar-refractivity contribution in [3.8, 4) is 22.9 Å². The number of imidazole rings is 2. The molecule has 1 fully saturated rings. The molecule has 10 heteroatoms. The second-order valence-corrected chi connectivity index (χ2v) is 9.20. The van der Waals surface area contributed by atoms with Crippen LogP contribution in [-0.4, -0.2) is 69.3 Å². The first kappa shape index (κ1) is 23.9. The molecule has 1 unspecified atom stereocenters. The van der Waals surface area contributed by atoms with E-state index in [4.69, 9.17) is 14.2 Å². The Morgan fingerprint density at radius 1 is 1.11 bits per heavy atom. The molecule has 4 heterocycles. The molecule has 1 saturated heterocycles. The van der Waals surface area contributed by atoms with E-state index in [1.54, 1.807) is 20.4 Å². The zero-order chi connectivity index (χ0) is 26.2. The quantitative estimate of drug-likeness (QED) is 0.368. The molecule has 0 spiro atoms. The van der Waals surface area contributed by atoms with Crippen LogP contribution in [0.5, 0.6) is 11.6 Å². The molecule has 3 aromatic heterocycles. The second kappa shape index (κ2) is 9.79. The van der Waals surface area contributed by atoms with E-state index in [9.17, 15) is 4.79 Å². The van der Waals surface area contributed by atoms with E-state index in [-0.39, 0.29) is 18.5 Å². The molecule has 1 aliphatic rings. The molecular formula is C28H28N6O4. The fourth-order valence-corrected chi connectivity index (χ4v) is 4.99. The molecule has 1 amide bonds. The van der Waals surface area contributed by atoms with Gasteiger partial charge in [0.1, 0.15) is 30.0 Å². The molecule has 38 heavy (non-hydrogen) atoms. The molecule has 0 bridgehead atoms. The zero-order valence-corrected chi connectivity index (χ0v) is 21.5. The summed E-state index contributed by atoms with van der Waals surface area (Å²) in [5, 5.41) is 0.997. The first-order valence-corrected chi connectivity index (χ1v) is 12.4. The van der Waals surface area contributed by atoms with Crippen LogP contribution in [0.3, 0.4) is 0 Å². The van der Waals surface area contributed by atoms with Crippen molar-refractivity contribution in [3.05, 3.63) is 66.4 Å². The first-order valence-electron chi connectivity index (χ1n) is 12.4. The van der Waals surface area contributed by atoms with Crippen LogP contribution in [-0.2, 0) is 16.1 Å². The Kier molecular flexibility index (Phi) is 6.16. The maximum atomic E-state index is 13.6. The number of benzene rings is 2. The Morgan fingerprint density at radius 3 is 2.82 bits per heavy atom. The number of amides is 1. The standard InChI is InChI=1S/C28H28N6O4/c1-17-30-22-9-8-19(36-2)13-24(22)34(17)15-26(35)33-10-11-38-16-25(33)27-29-14-23(31-27)20-12-18-6-4-5-7-21(18)32-28(20)37-3/h4-9,12-14,25H,10-11,15-16H2,1-3H3,(H,29,31). The van der Waals surface area contributed by atoms with Crippen molar-refractivity contribution >= 4 is 27.8 Å². The Morgan fingerprint density at radius 2 is 1.97 bits per heavy atom. The summed E-state index contributed by atoms with van der Waals surface area (Å²) in [6.07, 6.45) is 1.75. The van der Waals surface area contributed by atoms with Gasteiger partial charge in [0.05, 0.1) is 61.4 Å². The normalized spacial score (nSPS) is 15.8. The number of carbonyl (C=O) groups excluding carboxylic acids is 1. The van der Waals surface area contributed by atoms with E-state index in [1.807, 2.05) is 64.9 Å². The number of pyridine rings is 1. The Labute approximate surface area is 219 Å². The molecule has 0 saturated carbocycles. The Hall–Kier alpha value is -4.44. The molecule has 194 valence electrons. The van der Waals surface area contributed by atoms with Crippen molar-refractivity contribution in [2.45, 2.75) is 19.5 Å². The number of nitrogens with one attached hydrogen (secondary N) is 1. The minimum atomic E-state index is -0.353. The maximum Gasteiger partial charge on any atom is 0.243 e. The van der Waals surface area contributed by atoms with Gasteiger partial charge in [-0.25, -0.2) is 15.0 Å². The average molecular weight is 513 g/mol. The highest BCUT2D eigenvalue weighted by atomic mass is 16.5. The van der Waals surface area contributed by atoms with Crippen molar-refractivity contribution in [1.29, 1.82) is 0 Å². The van der Waals surface area contributed by atoms with Crippen molar-refractivity contribution in [1.82, 2.24) is 29.4 Å². The minimum Gasteiger partial charge on any atom is -0.497 e. The van der Waals surface area contributed by atoms with Crippen molar-refractivity contribution in [3.63, 3.8) is 0 Å². The minimum absolute atomic E-state index is 0.0357. The van der Waals surface area contributed by atoms with E-state index in [0.717, 1.165) is 44.8 Å². The highest BCUT2D eigenvalue weighted by Crippen LogP contribution is 2.32. The number of aromatic amines is 1. The number of para-hydroxylation sites is 1. The van der Waals surface area contributed by atoms with Crippen LogP contribution >= 0.6 is 0 Å². The number of methoxy groups -OCH3 is 2. The van der Waals surface area contributed by atoms with Crippen molar-refractivity contribution < 1.29 is 19.0 Å². The van der Waals surface area contributed by atoms with E-state index < -0.39 is 0 Å². The summed E-state index contributed by atoms with van der Waals surface area (Å²) >= 11 is 0. The summed E-state index contributed by atoms with van der Waals surface area (Å²) in [5.41, 5.74) is 4.09. The summed E-state index contributed by atoms with van der Waals surface area (Å²) < 4.78 is 18.7. The number of hydrogen-bond acceptors (Lipinski definition) is 7. The molecule has 2 aromatic carbocycles. The van der Waals surface area contributed by atoms with Crippen LogP contribution in [0, 0.1) is 6.92 Å². The molecule has 0 radical (unpaired) electrons. The van der Waals surface area contributed by atoms with Gasteiger partial charge in [0.15, 0.2) is 0 Å². The van der Waals surface area contributed by atoms with E-state index in [0.29, 0.717) is 31.5 Å². The van der Waals surface area contributed by atoms with Crippen LogP contribution in [0.4, 0.5) is 0 Å².